The zero-order valence-corrected chi connectivity index (χ0v) is 17.5. The molecule has 0 saturated carbocycles. The zero-order valence-electron chi connectivity index (χ0n) is 17.5. The number of hydrogen-bond acceptors (Lipinski definition) is 5. The van der Waals surface area contributed by atoms with Crippen LogP contribution in [0.25, 0.3) is 0 Å². The van der Waals surface area contributed by atoms with E-state index in [1.165, 1.54) is 71.0 Å². The summed E-state index contributed by atoms with van der Waals surface area (Å²) in [6, 6.07) is 7.69. The van der Waals surface area contributed by atoms with Crippen LogP contribution >= 0.6 is 0 Å². The van der Waals surface area contributed by atoms with E-state index in [-0.39, 0.29) is 17.9 Å². The van der Waals surface area contributed by atoms with Crippen LogP contribution in [0.1, 0.15) is 64.2 Å². The van der Waals surface area contributed by atoms with Gasteiger partial charge in [0.25, 0.3) is 0 Å². The highest BCUT2D eigenvalue weighted by Crippen LogP contribution is 2.17. The van der Waals surface area contributed by atoms with E-state index in [9.17, 15) is 9.59 Å². The molecule has 0 aliphatic carbocycles. The van der Waals surface area contributed by atoms with Crippen molar-refractivity contribution in [3.8, 4) is 0 Å². The predicted molar refractivity (Wildman–Crippen MR) is 118 cm³/mol. The minimum absolute atomic E-state index is 0.186. The number of carbonyl (C=O) groups excluding carboxylic acids is 2. The average Bonchev–Trinajstić information content (AvgIpc) is 2.74. The van der Waals surface area contributed by atoms with Gasteiger partial charge in [-0.05, 0) is 76.0 Å². The fourth-order valence-corrected chi connectivity index (χ4v) is 4.12. The van der Waals surface area contributed by atoms with Crippen LogP contribution in [0, 0.1) is 0 Å². The van der Waals surface area contributed by atoms with Crippen LogP contribution in [-0.4, -0.2) is 48.9 Å². The number of unbranched alkanes of at least 4 members (excludes halogenated alkanes) is 4. The van der Waals surface area contributed by atoms with Crippen LogP contribution in [0.3, 0.4) is 0 Å². The lowest BCUT2D eigenvalue weighted by molar-refractivity contribution is -0.133. The van der Waals surface area contributed by atoms with Gasteiger partial charge in [0, 0.05) is 24.3 Å². The zero-order chi connectivity index (χ0) is 20.3. The molecule has 160 valence electrons. The molecule has 1 atom stereocenters. The Morgan fingerprint density at radius 3 is 2.34 bits per heavy atom. The molecule has 2 amide bonds. The summed E-state index contributed by atoms with van der Waals surface area (Å²) in [5.74, 6) is -0.422. The molecule has 2 fully saturated rings. The molecule has 2 heterocycles. The van der Waals surface area contributed by atoms with Crippen LogP contribution in [0.2, 0.25) is 0 Å². The van der Waals surface area contributed by atoms with Gasteiger partial charge < -0.3 is 15.5 Å². The lowest BCUT2D eigenvalue weighted by Crippen LogP contribution is -2.47. The number of nitrogens with zero attached hydrogens (tertiary/aromatic N) is 1. The van der Waals surface area contributed by atoms with Crippen molar-refractivity contribution in [3.05, 3.63) is 24.3 Å². The summed E-state index contributed by atoms with van der Waals surface area (Å²) in [6.45, 7) is 4.90. The van der Waals surface area contributed by atoms with Gasteiger partial charge >= 0.3 is 0 Å². The van der Waals surface area contributed by atoms with E-state index in [2.05, 4.69) is 20.9 Å². The fraction of sp³-hybridized carbons (Fsp3) is 0.652. The number of amides is 2. The molecule has 3 rings (SSSR count). The first-order valence-electron chi connectivity index (χ1n) is 11.4. The molecule has 6 heteroatoms. The van der Waals surface area contributed by atoms with Gasteiger partial charge in [0.15, 0.2) is 0 Å². The molecular formula is C23H36N4O2. The fourth-order valence-electron chi connectivity index (χ4n) is 4.12. The molecule has 3 N–H and O–H groups in total. The molecule has 0 spiro atoms. The maximum atomic E-state index is 11.8. The summed E-state index contributed by atoms with van der Waals surface area (Å²) >= 11 is 0. The number of piperidine rings is 2. The number of nitrogens with one attached hydrogen (secondary N) is 3. The Morgan fingerprint density at radius 2 is 1.59 bits per heavy atom. The third-order valence-electron chi connectivity index (χ3n) is 5.89. The van der Waals surface area contributed by atoms with Crippen LogP contribution in [0.15, 0.2) is 24.3 Å². The van der Waals surface area contributed by atoms with Gasteiger partial charge in [0.1, 0.15) is 6.04 Å². The van der Waals surface area contributed by atoms with E-state index >= 15 is 0 Å². The Balaban J connectivity index is 1.23. The Hall–Kier alpha value is -2.08. The molecular weight excluding hydrogens is 364 g/mol. The molecule has 2 aliphatic heterocycles. The molecule has 2 saturated heterocycles. The van der Waals surface area contributed by atoms with Crippen molar-refractivity contribution in [2.45, 2.75) is 70.3 Å². The number of carbonyl (C=O) groups is 2. The third kappa shape index (κ3) is 7.69. The second-order valence-electron chi connectivity index (χ2n) is 8.32. The number of rotatable bonds is 11. The van der Waals surface area contributed by atoms with E-state index in [0.717, 1.165) is 17.9 Å². The molecule has 1 aromatic rings. The van der Waals surface area contributed by atoms with Gasteiger partial charge in [-0.25, -0.2) is 0 Å². The maximum absolute atomic E-state index is 11.8. The van der Waals surface area contributed by atoms with Gasteiger partial charge in [-0.15, -0.1) is 0 Å². The van der Waals surface area contributed by atoms with Crippen molar-refractivity contribution in [3.63, 3.8) is 0 Å². The Labute approximate surface area is 174 Å². The number of anilines is 2. The molecule has 0 aromatic heterocycles. The van der Waals surface area contributed by atoms with E-state index in [0.29, 0.717) is 12.8 Å². The van der Waals surface area contributed by atoms with Crippen molar-refractivity contribution in [1.82, 2.24) is 10.2 Å². The highest BCUT2D eigenvalue weighted by Gasteiger charge is 2.26. The SMILES string of the molecule is O=C1CCC(Nc2ccc(NCCCCCCCN3CCCCC3)cc2)C(=O)N1. The van der Waals surface area contributed by atoms with E-state index in [1.54, 1.807) is 0 Å². The van der Waals surface area contributed by atoms with Crippen LogP contribution in [0.4, 0.5) is 11.4 Å². The van der Waals surface area contributed by atoms with Crippen molar-refractivity contribution in [2.24, 2.45) is 0 Å². The number of benzene rings is 1. The summed E-state index contributed by atoms with van der Waals surface area (Å²) in [6.07, 6.45) is 11.6. The normalized spacial score (nSPS) is 20.3. The first-order chi connectivity index (χ1) is 14.2. The van der Waals surface area contributed by atoms with Crippen molar-refractivity contribution in [1.29, 1.82) is 0 Å². The molecule has 2 aliphatic rings. The average molecular weight is 401 g/mol. The van der Waals surface area contributed by atoms with E-state index in [1.807, 2.05) is 24.3 Å². The summed E-state index contributed by atoms with van der Waals surface area (Å²) in [5, 5.41) is 9.05. The molecule has 0 radical (unpaired) electrons. The summed E-state index contributed by atoms with van der Waals surface area (Å²) in [5.41, 5.74) is 2.00. The Kier molecular flexibility index (Phi) is 8.81. The molecule has 1 aromatic carbocycles. The molecule has 6 nitrogen and oxygen atoms in total. The van der Waals surface area contributed by atoms with Crippen molar-refractivity contribution < 1.29 is 9.59 Å². The highest BCUT2D eigenvalue weighted by molar-refractivity contribution is 6.01. The largest absolute Gasteiger partial charge is 0.385 e. The second-order valence-corrected chi connectivity index (χ2v) is 8.32. The number of likely N-dealkylation sites (tertiary alicyclic amines) is 1. The lowest BCUT2D eigenvalue weighted by Gasteiger charge is -2.26. The van der Waals surface area contributed by atoms with Gasteiger partial charge in [0.2, 0.25) is 11.8 Å². The molecule has 1 unspecified atom stereocenters. The minimum Gasteiger partial charge on any atom is -0.385 e. The van der Waals surface area contributed by atoms with E-state index in [4.69, 9.17) is 0 Å². The van der Waals surface area contributed by atoms with Gasteiger partial charge in [0.05, 0.1) is 0 Å². The highest BCUT2D eigenvalue weighted by atomic mass is 16.2. The topological polar surface area (TPSA) is 73.5 Å². The quantitative estimate of drug-likeness (QED) is 0.390. The van der Waals surface area contributed by atoms with Crippen molar-refractivity contribution in [2.75, 3.05) is 36.8 Å². The summed E-state index contributed by atoms with van der Waals surface area (Å²) in [7, 11) is 0. The number of hydrogen-bond donors (Lipinski definition) is 3. The van der Waals surface area contributed by atoms with Crippen molar-refractivity contribution >= 4 is 23.2 Å². The Morgan fingerprint density at radius 1 is 0.897 bits per heavy atom. The van der Waals surface area contributed by atoms with Crippen LogP contribution in [-0.2, 0) is 9.59 Å². The van der Waals surface area contributed by atoms with Gasteiger partial charge in [-0.2, -0.15) is 0 Å². The van der Waals surface area contributed by atoms with Crippen LogP contribution < -0.4 is 16.0 Å². The lowest BCUT2D eigenvalue weighted by atomic mass is 10.1. The molecule has 0 bridgehead atoms. The van der Waals surface area contributed by atoms with Crippen LogP contribution in [0.5, 0.6) is 0 Å². The smallest absolute Gasteiger partial charge is 0.249 e. The summed E-state index contributed by atoms with van der Waals surface area (Å²) < 4.78 is 0. The first-order valence-corrected chi connectivity index (χ1v) is 11.4. The predicted octanol–water partition coefficient (Wildman–Crippen LogP) is 3.75. The standard InChI is InChI=1S/C23H36N4O2/c28-22-14-13-21(23(29)26-22)25-20-11-9-19(10-12-20)24-15-5-2-1-3-6-16-27-17-7-4-8-18-27/h9-12,21,24-25H,1-8,13-18H2,(H,26,28,29). The minimum atomic E-state index is -0.332. The third-order valence-corrected chi connectivity index (χ3v) is 5.89. The number of imide groups is 1. The van der Waals surface area contributed by atoms with Gasteiger partial charge in [-0.3, -0.25) is 14.9 Å². The van der Waals surface area contributed by atoms with E-state index < -0.39 is 0 Å². The first kappa shape index (κ1) is 21.6. The summed E-state index contributed by atoms with van der Waals surface area (Å²) in [4.78, 5) is 25.7. The monoisotopic (exact) mass is 400 g/mol. The second kappa shape index (κ2) is 11.8. The molecule has 29 heavy (non-hydrogen) atoms. The maximum Gasteiger partial charge on any atom is 0.249 e. The van der Waals surface area contributed by atoms with Gasteiger partial charge in [-0.1, -0.05) is 25.7 Å². The Bertz CT molecular complexity index is 641.